The number of aromatic nitrogens is 2. The van der Waals surface area contributed by atoms with Gasteiger partial charge >= 0.3 is 5.97 Å². The van der Waals surface area contributed by atoms with E-state index in [2.05, 4.69) is 15.0 Å². The number of hydrogen-bond acceptors (Lipinski definition) is 7. The smallest absolute Gasteiger partial charge is 0.323 e. The molecule has 0 aliphatic carbocycles. The lowest BCUT2D eigenvalue weighted by Crippen LogP contribution is -2.44. The van der Waals surface area contributed by atoms with Crippen LogP contribution in [0, 0.1) is 0 Å². The lowest BCUT2D eigenvalue weighted by Gasteiger charge is -2.32. The maximum Gasteiger partial charge on any atom is 0.323 e. The number of thiophene rings is 1. The number of nitrogens with zero attached hydrogens (tertiary/aromatic N) is 3. The highest BCUT2D eigenvalue weighted by molar-refractivity contribution is 7.13. The molecular weight excluding hydrogens is 290 g/mol. The maximum absolute atomic E-state index is 11.8. The third-order valence-corrected chi connectivity index (χ3v) is 4.49. The van der Waals surface area contributed by atoms with E-state index < -0.39 is 0 Å². The van der Waals surface area contributed by atoms with E-state index in [9.17, 15) is 4.79 Å². The van der Waals surface area contributed by atoms with Gasteiger partial charge < -0.3 is 9.26 Å². The first-order valence-electron chi connectivity index (χ1n) is 6.96. The van der Waals surface area contributed by atoms with Gasteiger partial charge in [0.15, 0.2) is 5.82 Å². The fourth-order valence-electron chi connectivity index (χ4n) is 2.58. The second-order valence-electron chi connectivity index (χ2n) is 5.00. The standard InChI is InChI=1S/C14H17N3O3S/c1-19-14(18)10-5-2-3-7-17(10)9-12-15-13(20-16-12)11-6-4-8-21-11/h4,6,8,10H,2-3,5,7,9H2,1H3/t10-/m1/s1. The molecule has 3 rings (SSSR count). The number of ether oxygens (including phenoxy) is 1. The molecule has 1 fully saturated rings. The Labute approximate surface area is 126 Å². The summed E-state index contributed by atoms with van der Waals surface area (Å²) in [7, 11) is 1.43. The van der Waals surface area contributed by atoms with Gasteiger partial charge in [-0.3, -0.25) is 9.69 Å². The summed E-state index contributed by atoms with van der Waals surface area (Å²) in [5, 5.41) is 5.98. The number of likely N-dealkylation sites (tertiary alicyclic amines) is 1. The molecule has 3 heterocycles. The van der Waals surface area contributed by atoms with Crippen molar-refractivity contribution in [2.24, 2.45) is 0 Å². The van der Waals surface area contributed by atoms with Crippen molar-refractivity contribution < 1.29 is 14.1 Å². The highest BCUT2D eigenvalue weighted by Gasteiger charge is 2.30. The van der Waals surface area contributed by atoms with E-state index in [0.717, 1.165) is 30.7 Å². The molecule has 7 heteroatoms. The summed E-state index contributed by atoms with van der Waals surface area (Å²) in [6.07, 6.45) is 2.94. The molecule has 0 unspecified atom stereocenters. The summed E-state index contributed by atoms with van der Waals surface area (Å²) >= 11 is 1.56. The maximum atomic E-state index is 11.8. The van der Waals surface area contributed by atoms with Gasteiger partial charge in [0.25, 0.3) is 5.89 Å². The summed E-state index contributed by atoms with van der Waals surface area (Å²) in [5.41, 5.74) is 0. The van der Waals surface area contributed by atoms with Crippen LogP contribution < -0.4 is 0 Å². The minimum atomic E-state index is -0.201. The van der Waals surface area contributed by atoms with Crippen molar-refractivity contribution in [1.82, 2.24) is 15.0 Å². The first-order chi connectivity index (χ1) is 10.3. The summed E-state index contributed by atoms with van der Waals surface area (Å²) in [6, 6.07) is 3.69. The number of carbonyl (C=O) groups is 1. The van der Waals surface area contributed by atoms with Crippen LogP contribution in [0.15, 0.2) is 22.0 Å². The van der Waals surface area contributed by atoms with Gasteiger partial charge in [-0.15, -0.1) is 11.3 Å². The van der Waals surface area contributed by atoms with Gasteiger partial charge in [0.05, 0.1) is 18.5 Å². The summed E-state index contributed by atoms with van der Waals surface area (Å²) in [6.45, 7) is 1.36. The van der Waals surface area contributed by atoms with Gasteiger partial charge in [0.2, 0.25) is 0 Å². The van der Waals surface area contributed by atoms with Gasteiger partial charge in [-0.2, -0.15) is 4.98 Å². The first kappa shape index (κ1) is 14.2. The van der Waals surface area contributed by atoms with E-state index >= 15 is 0 Å². The van der Waals surface area contributed by atoms with Crippen molar-refractivity contribution >= 4 is 17.3 Å². The summed E-state index contributed by atoms with van der Waals surface area (Å²) in [4.78, 5) is 19.3. The predicted octanol–water partition coefficient (Wildman–Crippen LogP) is 2.33. The van der Waals surface area contributed by atoms with Crippen LogP contribution in [-0.2, 0) is 16.1 Å². The van der Waals surface area contributed by atoms with Gasteiger partial charge in [0.1, 0.15) is 6.04 Å². The van der Waals surface area contributed by atoms with E-state index in [0.29, 0.717) is 18.3 Å². The molecule has 1 aliphatic heterocycles. The molecule has 0 radical (unpaired) electrons. The molecule has 1 atom stereocenters. The average Bonchev–Trinajstić information content (AvgIpc) is 3.18. The van der Waals surface area contributed by atoms with Crippen LogP contribution in [0.1, 0.15) is 25.1 Å². The van der Waals surface area contributed by atoms with Crippen LogP contribution in [0.4, 0.5) is 0 Å². The van der Waals surface area contributed by atoms with Crippen molar-refractivity contribution in [3.63, 3.8) is 0 Å². The minimum Gasteiger partial charge on any atom is -0.468 e. The fraction of sp³-hybridized carbons (Fsp3) is 0.500. The monoisotopic (exact) mass is 307 g/mol. The molecule has 0 amide bonds. The van der Waals surface area contributed by atoms with E-state index in [1.165, 1.54) is 7.11 Å². The lowest BCUT2D eigenvalue weighted by molar-refractivity contribution is -0.148. The number of rotatable bonds is 4. The molecule has 1 aliphatic rings. The Kier molecular flexibility index (Phi) is 4.31. The number of hydrogen-bond donors (Lipinski definition) is 0. The number of methoxy groups -OCH3 is 1. The Hall–Kier alpha value is -1.73. The van der Waals surface area contributed by atoms with E-state index in [1.54, 1.807) is 11.3 Å². The molecule has 6 nitrogen and oxygen atoms in total. The van der Waals surface area contributed by atoms with Crippen LogP contribution in [0.5, 0.6) is 0 Å². The van der Waals surface area contributed by atoms with Crippen molar-refractivity contribution in [2.75, 3.05) is 13.7 Å². The predicted molar refractivity (Wildman–Crippen MR) is 77.7 cm³/mol. The number of carbonyl (C=O) groups excluding carboxylic acids is 1. The molecule has 0 saturated carbocycles. The summed E-state index contributed by atoms with van der Waals surface area (Å²) < 4.78 is 10.2. The minimum absolute atomic E-state index is 0.184. The van der Waals surface area contributed by atoms with Crippen LogP contribution in [-0.4, -0.2) is 40.7 Å². The highest BCUT2D eigenvalue weighted by atomic mass is 32.1. The Morgan fingerprint density at radius 3 is 3.24 bits per heavy atom. The molecule has 0 bridgehead atoms. The molecule has 0 N–H and O–H groups in total. The van der Waals surface area contributed by atoms with Gasteiger partial charge in [0, 0.05) is 0 Å². The second-order valence-corrected chi connectivity index (χ2v) is 5.95. The Balaban J connectivity index is 1.71. The molecule has 21 heavy (non-hydrogen) atoms. The van der Waals surface area contributed by atoms with Gasteiger partial charge in [-0.25, -0.2) is 0 Å². The molecule has 1 saturated heterocycles. The molecule has 112 valence electrons. The first-order valence-corrected chi connectivity index (χ1v) is 7.84. The van der Waals surface area contributed by atoms with Crippen molar-refractivity contribution in [1.29, 1.82) is 0 Å². The normalized spacial score (nSPS) is 19.6. The zero-order valence-electron chi connectivity index (χ0n) is 11.8. The average molecular weight is 307 g/mol. The third kappa shape index (κ3) is 3.14. The zero-order valence-corrected chi connectivity index (χ0v) is 12.6. The zero-order chi connectivity index (χ0) is 14.7. The van der Waals surface area contributed by atoms with Crippen molar-refractivity contribution in [3.8, 4) is 10.8 Å². The lowest BCUT2D eigenvalue weighted by atomic mass is 10.0. The largest absolute Gasteiger partial charge is 0.468 e. The van der Waals surface area contributed by atoms with Crippen LogP contribution in [0.2, 0.25) is 0 Å². The van der Waals surface area contributed by atoms with Crippen LogP contribution >= 0.6 is 11.3 Å². The van der Waals surface area contributed by atoms with Gasteiger partial charge in [-0.1, -0.05) is 17.6 Å². The van der Waals surface area contributed by atoms with Crippen molar-refractivity contribution in [2.45, 2.75) is 31.8 Å². The molecule has 0 spiro atoms. The fourth-order valence-corrected chi connectivity index (χ4v) is 3.23. The molecule has 0 aromatic carbocycles. The quantitative estimate of drug-likeness (QED) is 0.808. The van der Waals surface area contributed by atoms with E-state index in [4.69, 9.17) is 9.26 Å². The van der Waals surface area contributed by atoms with E-state index in [1.807, 2.05) is 17.5 Å². The topological polar surface area (TPSA) is 68.5 Å². The van der Waals surface area contributed by atoms with Gasteiger partial charge in [-0.05, 0) is 30.8 Å². The second kappa shape index (κ2) is 6.36. The Morgan fingerprint density at radius 1 is 1.57 bits per heavy atom. The highest BCUT2D eigenvalue weighted by Crippen LogP contribution is 2.24. The number of esters is 1. The van der Waals surface area contributed by atoms with Crippen LogP contribution in [0.25, 0.3) is 10.8 Å². The number of piperidine rings is 1. The Morgan fingerprint density at radius 2 is 2.48 bits per heavy atom. The van der Waals surface area contributed by atoms with E-state index in [-0.39, 0.29) is 12.0 Å². The Bertz CT molecular complexity index is 596. The molecule has 2 aromatic rings. The molecule has 2 aromatic heterocycles. The van der Waals surface area contributed by atoms with Crippen LogP contribution in [0.3, 0.4) is 0 Å². The molecular formula is C14H17N3O3S. The summed E-state index contributed by atoms with van der Waals surface area (Å²) in [5.74, 6) is 0.956. The third-order valence-electron chi connectivity index (χ3n) is 3.63. The SMILES string of the molecule is COC(=O)[C@H]1CCCCN1Cc1noc(-c2cccs2)n1. The van der Waals surface area contributed by atoms with Crippen molar-refractivity contribution in [3.05, 3.63) is 23.3 Å².